The first kappa shape index (κ1) is 16.4. The van der Waals surface area contributed by atoms with Crippen molar-refractivity contribution >= 4 is 0 Å². The summed E-state index contributed by atoms with van der Waals surface area (Å²) in [6.45, 7) is 6.13. The topological polar surface area (TPSA) is 24.5 Å². The lowest BCUT2D eigenvalue weighted by Gasteiger charge is -2.31. The Bertz CT molecular complexity index is 404. The molecule has 1 fully saturated rings. The van der Waals surface area contributed by atoms with Crippen LogP contribution in [0.5, 0.6) is 0 Å². The van der Waals surface area contributed by atoms with Crippen LogP contribution in [0, 0.1) is 5.82 Å². The van der Waals surface area contributed by atoms with Gasteiger partial charge in [-0.05, 0) is 50.4 Å². The van der Waals surface area contributed by atoms with Crippen molar-refractivity contribution in [3.05, 3.63) is 35.6 Å². The van der Waals surface area contributed by atoms with Crippen LogP contribution in [-0.4, -0.2) is 50.3 Å². The maximum atomic E-state index is 13.0. The lowest BCUT2D eigenvalue weighted by atomic mass is 10.0. The molecule has 1 aliphatic rings. The Morgan fingerprint density at radius 3 is 2.76 bits per heavy atom. The number of hydrogen-bond acceptors (Lipinski definition) is 3. The SMILES string of the molecule is COCCN(CC1CCCN1)C(C)Cc1ccc(F)cc1. The zero-order valence-corrected chi connectivity index (χ0v) is 13.1. The number of rotatable bonds is 8. The maximum absolute atomic E-state index is 13.0. The van der Waals surface area contributed by atoms with E-state index in [0.29, 0.717) is 12.1 Å². The van der Waals surface area contributed by atoms with Crippen LogP contribution >= 0.6 is 0 Å². The molecule has 4 heteroatoms. The van der Waals surface area contributed by atoms with Gasteiger partial charge in [0.15, 0.2) is 0 Å². The Morgan fingerprint density at radius 1 is 1.38 bits per heavy atom. The lowest BCUT2D eigenvalue weighted by molar-refractivity contribution is 0.117. The highest BCUT2D eigenvalue weighted by Crippen LogP contribution is 2.13. The van der Waals surface area contributed by atoms with Crippen molar-refractivity contribution in [2.45, 2.75) is 38.3 Å². The highest BCUT2D eigenvalue weighted by Gasteiger charge is 2.21. The molecule has 2 atom stereocenters. The van der Waals surface area contributed by atoms with Crippen molar-refractivity contribution in [1.29, 1.82) is 0 Å². The molecular formula is C17H27FN2O. The number of nitrogens with zero attached hydrogens (tertiary/aromatic N) is 1. The van der Waals surface area contributed by atoms with Crippen LogP contribution in [-0.2, 0) is 11.2 Å². The standard InChI is InChI=1S/C17H27FN2O/c1-14(12-15-5-7-16(18)8-6-15)20(10-11-21-2)13-17-4-3-9-19-17/h5-8,14,17,19H,3-4,9-13H2,1-2H3. The summed E-state index contributed by atoms with van der Waals surface area (Å²) in [5.41, 5.74) is 1.19. The number of hydrogen-bond donors (Lipinski definition) is 1. The summed E-state index contributed by atoms with van der Waals surface area (Å²) in [7, 11) is 1.75. The monoisotopic (exact) mass is 294 g/mol. The Balaban J connectivity index is 1.91. The van der Waals surface area contributed by atoms with Gasteiger partial charge in [-0.25, -0.2) is 4.39 Å². The van der Waals surface area contributed by atoms with Gasteiger partial charge in [0.2, 0.25) is 0 Å². The molecule has 21 heavy (non-hydrogen) atoms. The summed E-state index contributed by atoms with van der Waals surface area (Å²) >= 11 is 0. The van der Waals surface area contributed by atoms with E-state index >= 15 is 0 Å². The van der Waals surface area contributed by atoms with Gasteiger partial charge in [-0.3, -0.25) is 4.90 Å². The van der Waals surface area contributed by atoms with Crippen LogP contribution in [0.3, 0.4) is 0 Å². The summed E-state index contributed by atoms with van der Waals surface area (Å²) < 4.78 is 18.2. The van der Waals surface area contributed by atoms with Crippen molar-refractivity contribution in [1.82, 2.24) is 10.2 Å². The van der Waals surface area contributed by atoms with Gasteiger partial charge in [-0.15, -0.1) is 0 Å². The first-order valence-corrected chi connectivity index (χ1v) is 7.90. The molecule has 0 aromatic heterocycles. The maximum Gasteiger partial charge on any atom is 0.123 e. The lowest BCUT2D eigenvalue weighted by Crippen LogP contribution is -2.44. The summed E-state index contributed by atoms with van der Waals surface area (Å²) in [4.78, 5) is 2.48. The number of nitrogens with one attached hydrogen (secondary N) is 1. The molecule has 1 heterocycles. The molecule has 0 radical (unpaired) electrons. The molecule has 3 nitrogen and oxygen atoms in total. The normalized spacial score (nSPS) is 20.1. The molecule has 0 bridgehead atoms. The zero-order valence-electron chi connectivity index (χ0n) is 13.1. The molecule has 0 amide bonds. The number of halogens is 1. The van der Waals surface area contributed by atoms with Gasteiger partial charge in [0.25, 0.3) is 0 Å². The molecule has 1 aliphatic heterocycles. The molecule has 1 N–H and O–H groups in total. The van der Waals surface area contributed by atoms with Crippen molar-refractivity contribution in [2.75, 3.05) is 33.4 Å². The fourth-order valence-corrected chi connectivity index (χ4v) is 2.99. The molecule has 1 aromatic carbocycles. The summed E-state index contributed by atoms with van der Waals surface area (Å²) in [6.07, 6.45) is 3.47. The third-order valence-corrected chi connectivity index (χ3v) is 4.27. The molecule has 0 saturated carbocycles. The summed E-state index contributed by atoms with van der Waals surface area (Å²) in [6, 6.07) is 7.87. The van der Waals surface area contributed by atoms with Crippen molar-refractivity contribution in [3.8, 4) is 0 Å². The largest absolute Gasteiger partial charge is 0.383 e. The average Bonchev–Trinajstić information content (AvgIpc) is 2.98. The number of benzene rings is 1. The zero-order chi connectivity index (χ0) is 15.1. The van der Waals surface area contributed by atoms with E-state index in [1.807, 2.05) is 12.1 Å². The van der Waals surface area contributed by atoms with E-state index in [1.165, 1.54) is 18.4 Å². The van der Waals surface area contributed by atoms with E-state index in [0.717, 1.165) is 32.7 Å². The van der Waals surface area contributed by atoms with Crippen molar-refractivity contribution < 1.29 is 9.13 Å². The second-order valence-corrected chi connectivity index (χ2v) is 5.96. The Labute approximate surface area is 127 Å². The van der Waals surface area contributed by atoms with Crippen LogP contribution in [0.25, 0.3) is 0 Å². The highest BCUT2D eigenvalue weighted by atomic mass is 19.1. The molecule has 0 aliphatic carbocycles. The smallest absolute Gasteiger partial charge is 0.123 e. The van der Waals surface area contributed by atoms with Gasteiger partial charge in [-0.1, -0.05) is 12.1 Å². The van der Waals surface area contributed by atoms with Crippen LogP contribution in [0.15, 0.2) is 24.3 Å². The quantitative estimate of drug-likeness (QED) is 0.797. The van der Waals surface area contributed by atoms with Gasteiger partial charge >= 0.3 is 0 Å². The van der Waals surface area contributed by atoms with Crippen molar-refractivity contribution in [3.63, 3.8) is 0 Å². The minimum absolute atomic E-state index is 0.169. The van der Waals surface area contributed by atoms with Gasteiger partial charge < -0.3 is 10.1 Å². The van der Waals surface area contributed by atoms with Gasteiger partial charge in [0, 0.05) is 32.3 Å². The fourth-order valence-electron chi connectivity index (χ4n) is 2.99. The van der Waals surface area contributed by atoms with Crippen LogP contribution < -0.4 is 5.32 Å². The third kappa shape index (κ3) is 5.38. The Hall–Kier alpha value is -0.970. The van der Waals surface area contributed by atoms with Gasteiger partial charge in [-0.2, -0.15) is 0 Å². The first-order valence-electron chi connectivity index (χ1n) is 7.90. The number of ether oxygens (including phenoxy) is 1. The molecular weight excluding hydrogens is 267 g/mol. The van der Waals surface area contributed by atoms with E-state index < -0.39 is 0 Å². The van der Waals surface area contributed by atoms with E-state index in [2.05, 4.69) is 17.1 Å². The van der Waals surface area contributed by atoms with Crippen molar-refractivity contribution in [2.24, 2.45) is 0 Å². The predicted octanol–water partition coefficient (Wildman–Crippen LogP) is 2.46. The van der Waals surface area contributed by atoms with Crippen LogP contribution in [0.1, 0.15) is 25.3 Å². The highest BCUT2D eigenvalue weighted by molar-refractivity contribution is 5.17. The third-order valence-electron chi connectivity index (χ3n) is 4.27. The van der Waals surface area contributed by atoms with E-state index in [4.69, 9.17) is 4.74 Å². The van der Waals surface area contributed by atoms with Gasteiger partial charge in [0.05, 0.1) is 6.61 Å². The van der Waals surface area contributed by atoms with Crippen LogP contribution in [0.4, 0.5) is 4.39 Å². The predicted molar refractivity (Wildman–Crippen MR) is 84.0 cm³/mol. The van der Waals surface area contributed by atoms with E-state index in [-0.39, 0.29) is 5.82 Å². The second kappa shape index (κ2) is 8.47. The molecule has 2 rings (SSSR count). The number of methoxy groups -OCH3 is 1. The minimum atomic E-state index is -0.169. The molecule has 2 unspecified atom stereocenters. The Kier molecular flexibility index (Phi) is 6.61. The second-order valence-electron chi connectivity index (χ2n) is 5.96. The minimum Gasteiger partial charge on any atom is -0.383 e. The Morgan fingerprint density at radius 2 is 2.14 bits per heavy atom. The van der Waals surface area contributed by atoms with E-state index in [9.17, 15) is 4.39 Å². The molecule has 0 spiro atoms. The summed E-state index contributed by atoms with van der Waals surface area (Å²) in [5, 5.41) is 3.56. The summed E-state index contributed by atoms with van der Waals surface area (Å²) in [5.74, 6) is -0.169. The molecule has 1 aromatic rings. The van der Waals surface area contributed by atoms with Crippen LogP contribution in [0.2, 0.25) is 0 Å². The fraction of sp³-hybridized carbons (Fsp3) is 0.647. The van der Waals surface area contributed by atoms with Gasteiger partial charge in [0.1, 0.15) is 5.82 Å². The van der Waals surface area contributed by atoms with E-state index in [1.54, 1.807) is 19.2 Å². The molecule has 118 valence electrons. The average molecular weight is 294 g/mol. The molecule has 1 saturated heterocycles. The first-order chi connectivity index (χ1) is 10.2.